The predicted octanol–water partition coefficient (Wildman–Crippen LogP) is 12.5. The minimum atomic E-state index is 0.552. The maximum Gasteiger partial charge on any atom is 0.153 e. The summed E-state index contributed by atoms with van der Waals surface area (Å²) in [5.74, 6) is 0. The average molecular weight is 596 g/mol. The van der Waals surface area contributed by atoms with E-state index in [0.29, 0.717) is 11.1 Å². The third kappa shape index (κ3) is 3.78. The number of nitrogens with zero attached hydrogens (tertiary/aromatic N) is 1. The number of fused-ring (bicyclic) bond motifs is 4. The standard InChI is InChI=1S/C45H25NO/c46-26-32-10-6-13-40-41-15-7-14-39(45(41)47-44(32)40)38-21-20-35(36-11-4-5-12-37(36)38)34-24-30-18-16-28-22-33(27-8-2-1-3-9-27)23-29-17-19-31(25-34)43(30)42(28)29/h1-25H. The Kier molecular flexibility index (Phi) is 5.38. The molecule has 0 aliphatic heterocycles. The van der Waals surface area contributed by atoms with Gasteiger partial charge < -0.3 is 4.42 Å². The molecule has 216 valence electrons. The van der Waals surface area contributed by atoms with E-state index in [9.17, 15) is 5.26 Å². The number of hydrogen-bond donors (Lipinski definition) is 0. The number of benzene rings is 9. The molecule has 0 radical (unpaired) electrons. The van der Waals surface area contributed by atoms with Gasteiger partial charge in [-0.05, 0) is 101 Å². The summed E-state index contributed by atoms with van der Waals surface area (Å²) in [5, 5.41) is 21.7. The normalized spacial score (nSPS) is 11.8. The second kappa shape index (κ2) is 9.78. The summed E-state index contributed by atoms with van der Waals surface area (Å²) in [5.41, 5.74) is 9.01. The van der Waals surface area contributed by atoms with E-state index in [2.05, 4.69) is 140 Å². The zero-order chi connectivity index (χ0) is 31.1. The second-order valence-corrected chi connectivity index (χ2v) is 12.4. The minimum Gasteiger partial charge on any atom is -0.454 e. The molecule has 10 aromatic rings. The van der Waals surface area contributed by atoms with Crippen LogP contribution < -0.4 is 0 Å². The van der Waals surface area contributed by atoms with Gasteiger partial charge in [0.25, 0.3) is 0 Å². The maximum atomic E-state index is 9.73. The predicted molar refractivity (Wildman–Crippen MR) is 196 cm³/mol. The van der Waals surface area contributed by atoms with Crippen LogP contribution in [0.25, 0.3) is 98.4 Å². The highest BCUT2D eigenvalue weighted by molar-refractivity contribution is 6.25. The van der Waals surface area contributed by atoms with E-state index in [4.69, 9.17) is 4.42 Å². The van der Waals surface area contributed by atoms with Crippen molar-refractivity contribution in [3.05, 3.63) is 157 Å². The number of para-hydroxylation sites is 2. The van der Waals surface area contributed by atoms with E-state index in [1.807, 2.05) is 18.2 Å². The van der Waals surface area contributed by atoms with Crippen molar-refractivity contribution in [1.29, 1.82) is 5.26 Å². The number of rotatable bonds is 3. The number of furan rings is 1. The van der Waals surface area contributed by atoms with Gasteiger partial charge in [-0.3, -0.25) is 0 Å². The smallest absolute Gasteiger partial charge is 0.153 e. The molecular weight excluding hydrogens is 571 g/mol. The van der Waals surface area contributed by atoms with Crippen molar-refractivity contribution in [2.45, 2.75) is 0 Å². The van der Waals surface area contributed by atoms with Crippen LogP contribution in [0.5, 0.6) is 0 Å². The van der Waals surface area contributed by atoms with E-state index in [1.165, 1.54) is 60.0 Å². The molecule has 2 nitrogen and oxygen atoms in total. The average Bonchev–Trinajstić information content (AvgIpc) is 3.53. The molecule has 0 aliphatic rings. The molecule has 0 N–H and O–H groups in total. The first-order chi connectivity index (χ1) is 23.2. The lowest BCUT2D eigenvalue weighted by atomic mass is 9.87. The highest BCUT2D eigenvalue weighted by atomic mass is 16.3. The molecule has 0 spiro atoms. The van der Waals surface area contributed by atoms with Crippen LogP contribution in [-0.2, 0) is 0 Å². The molecule has 47 heavy (non-hydrogen) atoms. The van der Waals surface area contributed by atoms with E-state index < -0.39 is 0 Å². The van der Waals surface area contributed by atoms with Gasteiger partial charge >= 0.3 is 0 Å². The van der Waals surface area contributed by atoms with Crippen molar-refractivity contribution in [3.8, 4) is 39.4 Å². The Morgan fingerprint density at radius 1 is 0.383 bits per heavy atom. The third-order valence-electron chi connectivity index (χ3n) is 9.81. The van der Waals surface area contributed by atoms with Crippen molar-refractivity contribution < 1.29 is 4.42 Å². The Bertz CT molecular complexity index is 2840. The van der Waals surface area contributed by atoms with Gasteiger partial charge in [-0.15, -0.1) is 0 Å². The Morgan fingerprint density at radius 2 is 0.915 bits per heavy atom. The first kappa shape index (κ1) is 25.9. The van der Waals surface area contributed by atoms with Crippen LogP contribution in [0, 0.1) is 11.3 Å². The van der Waals surface area contributed by atoms with Crippen molar-refractivity contribution in [3.63, 3.8) is 0 Å². The highest BCUT2D eigenvalue weighted by Gasteiger charge is 2.18. The van der Waals surface area contributed by atoms with Crippen LogP contribution in [0.3, 0.4) is 0 Å². The fourth-order valence-corrected chi connectivity index (χ4v) is 7.70. The molecule has 0 bridgehead atoms. The first-order valence-electron chi connectivity index (χ1n) is 15.9. The Labute approximate surface area is 270 Å². The van der Waals surface area contributed by atoms with Crippen LogP contribution >= 0.6 is 0 Å². The Hall–Kier alpha value is -6.43. The molecule has 0 atom stereocenters. The first-order valence-corrected chi connectivity index (χ1v) is 15.9. The maximum absolute atomic E-state index is 9.73. The van der Waals surface area contributed by atoms with Gasteiger partial charge in [0, 0.05) is 16.3 Å². The molecule has 0 saturated carbocycles. The van der Waals surface area contributed by atoms with Crippen molar-refractivity contribution >= 4 is 65.0 Å². The van der Waals surface area contributed by atoms with Crippen LogP contribution in [0.15, 0.2) is 156 Å². The quantitative estimate of drug-likeness (QED) is 0.191. The van der Waals surface area contributed by atoms with E-state index in [-0.39, 0.29) is 0 Å². The van der Waals surface area contributed by atoms with E-state index >= 15 is 0 Å². The molecule has 9 aromatic carbocycles. The topological polar surface area (TPSA) is 36.9 Å². The van der Waals surface area contributed by atoms with Crippen molar-refractivity contribution in [2.24, 2.45) is 0 Å². The summed E-state index contributed by atoms with van der Waals surface area (Å²) in [4.78, 5) is 0. The SMILES string of the molecule is N#Cc1cccc2c1oc1c(-c3ccc(-c4cc5ccc6cc(-c7ccccc7)cc7ccc(c4)c5c67)c4ccccc34)cccc12. The van der Waals surface area contributed by atoms with Crippen LogP contribution in [0.4, 0.5) is 0 Å². The van der Waals surface area contributed by atoms with Gasteiger partial charge in [0.1, 0.15) is 11.7 Å². The second-order valence-electron chi connectivity index (χ2n) is 12.4. The minimum absolute atomic E-state index is 0.552. The number of nitriles is 1. The molecule has 10 rings (SSSR count). The highest BCUT2D eigenvalue weighted by Crippen LogP contribution is 2.44. The van der Waals surface area contributed by atoms with Gasteiger partial charge in [0.2, 0.25) is 0 Å². The lowest BCUT2D eigenvalue weighted by molar-refractivity contribution is 0.669. The summed E-state index contributed by atoms with van der Waals surface area (Å²) in [6, 6.07) is 56.5. The largest absolute Gasteiger partial charge is 0.454 e. The molecule has 0 unspecified atom stereocenters. The Morgan fingerprint density at radius 3 is 1.57 bits per heavy atom. The zero-order valence-corrected chi connectivity index (χ0v) is 25.3. The molecule has 1 heterocycles. The lowest BCUT2D eigenvalue weighted by Crippen LogP contribution is -1.89. The van der Waals surface area contributed by atoms with Gasteiger partial charge in [-0.2, -0.15) is 5.26 Å². The van der Waals surface area contributed by atoms with E-state index in [0.717, 1.165) is 32.9 Å². The summed E-state index contributed by atoms with van der Waals surface area (Å²) in [7, 11) is 0. The van der Waals surface area contributed by atoms with Gasteiger partial charge in [0.05, 0.1) is 5.56 Å². The van der Waals surface area contributed by atoms with Gasteiger partial charge in [-0.25, -0.2) is 0 Å². The molecule has 2 heteroatoms. The molecular formula is C45H25NO. The monoisotopic (exact) mass is 595 g/mol. The molecule has 0 saturated heterocycles. The van der Waals surface area contributed by atoms with E-state index in [1.54, 1.807) is 0 Å². The molecule has 0 fully saturated rings. The lowest BCUT2D eigenvalue weighted by Gasteiger charge is -2.16. The van der Waals surface area contributed by atoms with Crippen molar-refractivity contribution in [1.82, 2.24) is 0 Å². The van der Waals surface area contributed by atoms with Gasteiger partial charge in [-0.1, -0.05) is 121 Å². The van der Waals surface area contributed by atoms with Crippen molar-refractivity contribution in [2.75, 3.05) is 0 Å². The summed E-state index contributed by atoms with van der Waals surface area (Å²) >= 11 is 0. The molecule has 1 aromatic heterocycles. The molecule has 0 aliphatic carbocycles. The summed E-state index contributed by atoms with van der Waals surface area (Å²) in [6.45, 7) is 0. The fourth-order valence-electron chi connectivity index (χ4n) is 7.70. The van der Waals surface area contributed by atoms with Gasteiger partial charge in [0.15, 0.2) is 5.58 Å². The fraction of sp³-hybridized carbons (Fsp3) is 0. The summed E-state index contributed by atoms with van der Waals surface area (Å²) in [6.07, 6.45) is 0. The zero-order valence-electron chi connectivity index (χ0n) is 25.3. The van der Waals surface area contributed by atoms with Crippen LogP contribution in [0.1, 0.15) is 5.56 Å². The third-order valence-corrected chi connectivity index (χ3v) is 9.81. The van der Waals surface area contributed by atoms with Crippen LogP contribution in [0.2, 0.25) is 0 Å². The molecule has 0 amide bonds. The Balaban J connectivity index is 1.16. The number of hydrogen-bond acceptors (Lipinski definition) is 2. The summed E-state index contributed by atoms with van der Waals surface area (Å²) < 4.78 is 6.45. The van der Waals surface area contributed by atoms with Crippen LogP contribution in [-0.4, -0.2) is 0 Å².